The van der Waals surface area contributed by atoms with Crippen molar-refractivity contribution in [1.29, 1.82) is 0 Å². The Morgan fingerprint density at radius 1 is 0.925 bits per heavy atom. The van der Waals surface area contributed by atoms with E-state index in [1.165, 1.54) is 22.9 Å². The lowest BCUT2D eigenvalue weighted by Crippen LogP contribution is -2.39. The number of hydrazone groups is 1. The van der Waals surface area contributed by atoms with Crippen LogP contribution in [0.25, 0.3) is 5.69 Å². The summed E-state index contributed by atoms with van der Waals surface area (Å²) in [5.41, 5.74) is 10.2. The number of aromatic nitrogens is 1. The third kappa shape index (κ3) is 6.32. The van der Waals surface area contributed by atoms with Crippen molar-refractivity contribution in [2.24, 2.45) is 5.10 Å². The van der Waals surface area contributed by atoms with Crippen LogP contribution >= 0.6 is 11.8 Å². The maximum atomic E-state index is 13.6. The first-order valence-electron chi connectivity index (χ1n) is 12.8. The highest BCUT2D eigenvalue weighted by atomic mass is 32.2. The molecule has 0 atom stereocenters. The number of hydrogen-bond donors (Lipinski definition) is 1. The fraction of sp³-hybridized carbons (Fsp3) is 0.226. The van der Waals surface area contributed by atoms with Crippen LogP contribution in [0, 0.1) is 34.6 Å². The molecular formula is C31H34N4O3S2. The fourth-order valence-electron chi connectivity index (χ4n) is 4.59. The highest BCUT2D eigenvalue weighted by Crippen LogP contribution is 2.26. The van der Waals surface area contributed by atoms with Crippen LogP contribution in [0.5, 0.6) is 0 Å². The molecule has 7 nitrogen and oxygen atoms in total. The Morgan fingerprint density at radius 3 is 2.20 bits per heavy atom. The first kappa shape index (κ1) is 29.2. The molecule has 0 bridgehead atoms. The zero-order valence-electron chi connectivity index (χ0n) is 23.6. The van der Waals surface area contributed by atoms with E-state index in [9.17, 15) is 13.2 Å². The van der Waals surface area contributed by atoms with Crippen LogP contribution in [0.2, 0.25) is 0 Å². The molecule has 0 fully saturated rings. The first-order valence-corrected chi connectivity index (χ1v) is 15.5. The van der Waals surface area contributed by atoms with Crippen molar-refractivity contribution in [1.82, 2.24) is 9.99 Å². The second-order valence-corrected chi connectivity index (χ2v) is 12.5. The van der Waals surface area contributed by atoms with Crippen molar-refractivity contribution in [2.45, 2.75) is 44.4 Å². The summed E-state index contributed by atoms with van der Waals surface area (Å²) in [6, 6.07) is 22.0. The molecule has 3 aromatic carbocycles. The second-order valence-electron chi connectivity index (χ2n) is 9.77. The second kappa shape index (κ2) is 12.1. The number of thioether (sulfide) groups is 1. The molecule has 0 aliphatic rings. The molecule has 0 aliphatic carbocycles. The van der Waals surface area contributed by atoms with Crippen molar-refractivity contribution in [2.75, 3.05) is 17.1 Å². The highest BCUT2D eigenvalue weighted by Gasteiger charge is 2.27. The molecule has 9 heteroatoms. The lowest BCUT2D eigenvalue weighted by molar-refractivity contribution is -0.119. The van der Waals surface area contributed by atoms with Crippen molar-refractivity contribution < 1.29 is 13.2 Å². The van der Waals surface area contributed by atoms with Gasteiger partial charge in [-0.15, -0.1) is 11.8 Å². The average Bonchev–Trinajstić information content (AvgIpc) is 3.20. The zero-order chi connectivity index (χ0) is 29.0. The standard InChI is InChI=1S/C31H34N4O3S2/c1-21-7-10-27(11-8-21)34(40(37,38)29-14-12-28(39-6)13-15-29)20-31(36)33-32-19-26-18-24(4)35(25(26)5)30-16-9-22(2)17-23(30)3/h7-19H,20H2,1-6H3,(H,33,36)/b32-19+. The molecule has 1 amide bonds. The highest BCUT2D eigenvalue weighted by molar-refractivity contribution is 7.98. The minimum Gasteiger partial charge on any atom is -0.318 e. The van der Waals surface area contributed by atoms with Gasteiger partial charge in [0, 0.05) is 27.5 Å². The van der Waals surface area contributed by atoms with Crippen molar-refractivity contribution >= 4 is 39.6 Å². The number of carbonyl (C=O) groups excluding carboxylic acids is 1. The molecule has 208 valence electrons. The van der Waals surface area contributed by atoms with Gasteiger partial charge < -0.3 is 4.57 Å². The number of carbonyl (C=O) groups is 1. The first-order chi connectivity index (χ1) is 19.0. The van der Waals surface area contributed by atoms with Crippen LogP contribution in [0.1, 0.15) is 33.6 Å². The van der Waals surface area contributed by atoms with E-state index in [0.29, 0.717) is 5.69 Å². The van der Waals surface area contributed by atoms with E-state index >= 15 is 0 Å². The Labute approximate surface area is 241 Å². The van der Waals surface area contributed by atoms with Crippen LogP contribution < -0.4 is 9.73 Å². The Morgan fingerprint density at radius 2 is 1.57 bits per heavy atom. The summed E-state index contributed by atoms with van der Waals surface area (Å²) in [5.74, 6) is -0.552. The lowest BCUT2D eigenvalue weighted by Gasteiger charge is -2.24. The third-order valence-electron chi connectivity index (χ3n) is 6.71. The molecule has 0 saturated heterocycles. The van der Waals surface area contributed by atoms with Gasteiger partial charge in [0.2, 0.25) is 0 Å². The summed E-state index contributed by atoms with van der Waals surface area (Å²) in [6.45, 7) is 9.68. The predicted octanol–water partition coefficient (Wildman–Crippen LogP) is 6.09. The number of sulfonamides is 1. The van der Waals surface area contributed by atoms with E-state index in [1.807, 2.05) is 45.2 Å². The number of aryl methyl sites for hydroxylation is 4. The molecule has 1 aromatic heterocycles. The summed E-state index contributed by atoms with van der Waals surface area (Å²) in [5, 5.41) is 4.16. The molecule has 4 rings (SSSR count). The number of nitrogens with one attached hydrogen (secondary N) is 1. The summed E-state index contributed by atoms with van der Waals surface area (Å²) in [7, 11) is -4.00. The van der Waals surface area contributed by atoms with Crippen molar-refractivity contribution in [3.05, 3.63) is 106 Å². The quantitative estimate of drug-likeness (QED) is 0.149. The normalized spacial score (nSPS) is 11.7. The molecule has 1 heterocycles. The Kier molecular flexibility index (Phi) is 8.85. The molecule has 40 heavy (non-hydrogen) atoms. The van der Waals surface area contributed by atoms with Gasteiger partial charge in [-0.3, -0.25) is 9.10 Å². The van der Waals surface area contributed by atoms with E-state index < -0.39 is 22.5 Å². The summed E-state index contributed by atoms with van der Waals surface area (Å²) in [6.07, 6.45) is 3.51. The fourth-order valence-corrected chi connectivity index (χ4v) is 6.42. The van der Waals surface area contributed by atoms with Crippen LogP contribution in [0.4, 0.5) is 5.69 Å². The number of anilines is 1. The van der Waals surface area contributed by atoms with Crippen LogP contribution in [-0.2, 0) is 14.8 Å². The maximum Gasteiger partial charge on any atom is 0.264 e. The van der Waals surface area contributed by atoms with Gasteiger partial charge in [-0.1, -0.05) is 35.4 Å². The number of rotatable bonds is 9. The topological polar surface area (TPSA) is 83.8 Å². The molecule has 0 spiro atoms. The number of amides is 1. The van der Waals surface area contributed by atoms with Gasteiger partial charge in [0.25, 0.3) is 15.9 Å². The maximum absolute atomic E-state index is 13.6. The van der Waals surface area contributed by atoms with Crippen LogP contribution in [0.15, 0.2) is 87.7 Å². The molecule has 0 saturated carbocycles. The van der Waals surface area contributed by atoms with Gasteiger partial charge in [-0.25, -0.2) is 13.8 Å². The van der Waals surface area contributed by atoms with Crippen LogP contribution in [0.3, 0.4) is 0 Å². The molecule has 0 radical (unpaired) electrons. The SMILES string of the molecule is CSc1ccc(S(=O)(=O)N(CC(=O)N/N=C/c2cc(C)n(-c3ccc(C)cc3C)c2C)c2ccc(C)cc2)cc1. The minimum atomic E-state index is -4.00. The van der Waals surface area contributed by atoms with E-state index in [-0.39, 0.29) is 4.90 Å². The van der Waals surface area contributed by atoms with Gasteiger partial charge >= 0.3 is 0 Å². The Hall–Kier alpha value is -3.82. The van der Waals surface area contributed by atoms with Gasteiger partial charge in [-0.2, -0.15) is 5.10 Å². The van der Waals surface area contributed by atoms with Crippen molar-refractivity contribution in [3.8, 4) is 5.69 Å². The molecular weight excluding hydrogens is 541 g/mol. The molecule has 4 aromatic rings. The van der Waals surface area contributed by atoms with Gasteiger partial charge in [-0.05, 0) is 95.0 Å². The van der Waals surface area contributed by atoms with E-state index in [4.69, 9.17) is 0 Å². The minimum absolute atomic E-state index is 0.112. The lowest BCUT2D eigenvalue weighted by atomic mass is 10.1. The zero-order valence-corrected chi connectivity index (χ0v) is 25.2. The summed E-state index contributed by atoms with van der Waals surface area (Å²) < 4.78 is 30.5. The number of benzene rings is 3. The van der Waals surface area contributed by atoms with E-state index in [0.717, 1.165) is 37.4 Å². The largest absolute Gasteiger partial charge is 0.318 e. The van der Waals surface area contributed by atoms with E-state index in [1.54, 1.807) is 42.6 Å². The molecule has 1 N–H and O–H groups in total. The predicted molar refractivity (Wildman–Crippen MR) is 164 cm³/mol. The smallest absolute Gasteiger partial charge is 0.264 e. The third-order valence-corrected chi connectivity index (χ3v) is 9.24. The van der Waals surface area contributed by atoms with E-state index in [2.05, 4.69) is 47.1 Å². The molecule has 0 aliphatic heterocycles. The van der Waals surface area contributed by atoms with Crippen LogP contribution in [-0.4, -0.2) is 37.9 Å². The van der Waals surface area contributed by atoms with Crippen molar-refractivity contribution in [3.63, 3.8) is 0 Å². The average molecular weight is 575 g/mol. The summed E-state index contributed by atoms with van der Waals surface area (Å²) >= 11 is 1.53. The number of nitrogens with zero attached hydrogens (tertiary/aromatic N) is 3. The van der Waals surface area contributed by atoms with Gasteiger partial charge in [0.15, 0.2) is 0 Å². The Bertz CT molecular complexity index is 1660. The van der Waals surface area contributed by atoms with Gasteiger partial charge in [0.1, 0.15) is 6.54 Å². The Balaban J connectivity index is 1.56. The summed E-state index contributed by atoms with van der Waals surface area (Å²) in [4.78, 5) is 14.0. The van der Waals surface area contributed by atoms with Gasteiger partial charge in [0.05, 0.1) is 16.8 Å². The molecule has 0 unspecified atom stereocenters. The monoisotopic (exact) mass is 574 g/mol. The number of hydrogen-bond acceptors (Lipinski definition) is 5.